The number of carbonyl (C=O) groups excluding carboxylic acids is 3. The number of aromatic nitrogens is 3. The van der Waals surface area contributed by atoms with E-state index >= 15 is 0 Å². The van der Waals surface area contributed by atoms with Gasteiger partial charge in [0.25, 0.3) is 5.91 Å². The highest BCUT2D eigenvalue weighted by atomic mass is 35.5. The van der Waals surface area contributed by atoms with E-state index in [9.17, 15) is 27.6 Å². The summed E-state index contributed by atoms with van der Waals surface area (Å²) in [4.78, 5) is 51.9. The van der Waals surface area contributed by atoms with E-state index in [1.807, 2.05) is 0 Å². The van der Waals surface area contributed by atoms with Crippen LogP contribution in [0.4, 0.5) is 13.2 Å². The predicted octanol–water partition coefficient (Wildman–Crippen LogP) is 3.08. The number of carbonyl (C=O) groups is 3. The number of ether oxygens (including phenoxy) is 1. The van der Waals surface area contributed by atoms with Crippen LogP contribution in [0.15, 0.2) is 18.6 Å². The molecule has 37 heavy (non-hydrogen) atoms. The number of halogens is 4. The van der Waals surface area contributed by atoms with E-state index in [-0.39, 0.29) is 41.3 Å². The Labute approximate surface area is 218 Å². The molecule has 0 aromatic carbocycles. The zero-order chi connectivity index (χ0) is 26.3. The number of rotatable bonds is 5. The van der Waals surface area contributed by atoms with Crippen molar-refractivity contribution < 1.29 is 32.3 Å². The van der Waals surface area contributed by atoms with Gasteiger partial charge in [-0.3, -0.25) is 14.4 Å². The van der Waals surface area contributed by atoms with Crippen molar-refractivity contribution in [3.05, 3.63) is 29.4 Å². The average Bonchev–Trinajstić information content (AvgIpc) is 3.60. The lowest BCUT2D eigenvalue weighted by molar-refractivity contribution is -0.145. The Balaban J connectivity index is 1.34. The van der Waals surface area contributed by atoms with Gasteiger partial charge in [0.15, 0.2) is 10.8 Å². The maximum Gasteiger partial charge on any atom is 0.451 e. The van der Waals surface area contributed by atoms with Crippen molar-refractivity contribution in [1.29, 1.82) is 0 Å². The summed E-state index contributed by atoms with van der Waals surface area (Å²) in [5, 5.41) is 2.35. The minimum Gasteiger partial charge on any atom is -0.366 e. The summed E-state index contributed by atoms with van der Waals surface area (Å²) in [6, 6.07) is -1.63. The molecule has 1 N–H and O–H groups in total. The second kappa shape index (κ2) is 10.3. The van der Waals surface area contributed by atoms with Crippen molar-refractivity contribution in [1.82, 2.24) is 25.2 Å². The number of ketones is 1. The predicted molar refractivity (Wildman–Crippen MR) is 126 cm³/mol. The Kier molecular flexibility index (Phi) is 7.20. The molecule has 4 heterocycles. The van der Waals surface area contributed by atoms with E-state index in [1.165, 1.54) is 11.1 Å². The van der Waals surface area contributed by atoms with Crippen LogP contribution in [0.25, 0.3) is 10.4 Å². The molecule has 2 saturated heterocycles. The number of likely N-dealkylation sites (tertiary alicyclic amines) is 1. The molecule has 198 valence electrons. The summed E-state index contributed by atoms with van der Waals surface area (Å²) in [7, 11) is 0. The van der Waals surface area contributed by atoms with Gasteiger partial charge in [0.2, 0.25) is 11.7 Å². The Morgan fingerprint density at radius 3 is 2.51 bits per heavy atom. The number of hydrogen-bond acceptors (Lipinski definition) is 8. The number of nitrogens with zero attached hydrogens (tertiary/aromatic N) is 4. The topological polar surface area (TPSA) is 114 Å². The maximum atomic E-state index is 13.7. The van der Waals surface area contributed by atoms with Gasteiger partial charge in [-0.25, -0.2) is 15.0 Å². The fourth-order valence-corrected chi connectivity index (χ4v) is 6.32. The van der Waals surface area contributed by atoms with Crippen LogP contribution in [0, 0.1) is 5.92 Å². The zero-order valence-corrected chi connectivity index (χ0v) is 21.0. The second-order valence-corrected chi connectivity index (χ2v) is 11.0. The van der Waals surface area contributed by atoms with Crippen molar-refractivity contribution in [2.45, 2.75) is 61.8 Å². The number of Topliss-reactive ketones (excluding diaryl/α,β-unsaturated/α-hetero) is 1. The van der Waals surface area contributed by atoms with Crippen molar-refractivity contribution in [2.24, 2.45) is 5.92 Å². The van der Waals surface area contributed by atoms with E-state index < -0.39 is 41.5 Å². The number of thiazole rings is 1. The molecule has 2 aromatic heterocycles. The molecule has 14 heteroatoms. The Bertz CT molecular complexity index is 1190. The standard InChI is InChI=1S/C23H23ClF3N5O4S/c24-13-9-32(17-14(33)10-36-18(13)17)21(35)16(11-4-2-1-3-5-11)31-19(34)20-28-8-15(37-20)12-6-29-22(30-7-12)23(25,26)27/h6-8,11,13,16-18H,1-5,9-10H2,(H,31,34). The third kappa shape index (κ3) is 5.21. The molecule has 1 saturated carbocycles. The third-order valence-corrected chi connectivity index (χ3v) is 8.40. The van der Waals surface area contributed by atoms with Gasteiger partial charge < -0.3 is 15.0 Å². The number of nitrogens with one attached hydrogen (secondary N) is 1. The van der Waals surface area contributed by atoms with Gasteiger partial charge in [-0.15, -0.1) is 22.9 Å². The van der Waals surface area contributed by atoms with E-state index in [4.69, 9.17) is 16.3 Å². The first-order valence-electron chi connectivity index (χ1n) is 11.9. The molecule has 9 nitrogen and oxygen atoms in total. The molecule has 1 aliphatic carbocycles. The van der Waals surface area contributed by atoms with Crippen molar-refractivity contribution >= 4 is 40.5 Å². The highest BCUT2D eigenvalue weighted by molar-refractivity contribution is 7.16. The van der Waals surface area contributed by atoms with Crippen molar-refractivity contribution in [2.75, 3.05) is 13.2 Å². The van der Waals surface area contributed by atoms with E-state index in [2.05, 4.69) is 20.3 Å². The molecule has 5 rings (SSSR count). The van der Waals surface area contributed by atoms with E-state index in [0.717, 1.165) is 55.8 Å². The molecule has 3 aliphatic rings. The lowest BCUT2D eigenvalue weighted by atomic mass is 9.83. The summed E-state index contributed by atoms with van der Waals surface area (Å²) >= 11 is 7.32. The molecule has 3 fully saturated rings. The fraction of sp³-hybridized carbons (Fsp3) is 0.565. The van der Waals surface area contributed by atoms with Crippen LogP contribution >= 0.6 is 22.9 Å². The largest absolute Gasteiger partial charge is 0.451 e. The molecule has 0 spiro atoms. The van der Waals surface area contributed by atoms with Crippen molar-refractivity contribution in [3.8, 4) is 10.4 Å². The number of fused-ring (bicyclic) bond motifs is 1. The molecular weight excluding hydrogens is 535 g/mol. The van der Waals surface area contributed by atoms with Crippen LogP contribution in [-0.4, -0.2) is 74.2 Å². The molecule has 0 radical (unpaired) electrons. The van der Waals surface area contributed by atoms with Crippen LogP contribution in [-0.2, 0) is 20.5 Å². The number of hydrogen-bond donors (Lipinski definition) is 1. The normalized spacial score (nSPS) is 25.2. The minimum atomic E-state index is -4.66. The van der Waals surface area contributed by atoms with Crippen LogP contribution in [0.3, 0.4) is 0 Å². The minimum absolute atomic E-state index is 0.0401. The van der Waals surface area contributed by atoms with Crippen molar-refractivity contribution in [3.63, 3.8) is 0 Å². The average molecular weight is 558 g/mol. The first-order valence-corrected chi connectivity index (χ1v) is 13.1. The third-order valence-electron chi connectivity index (χ3n) is 6.97. The molecule has 4 unspecified atom stereocenters. The van der Waals surface area contributed by atoms with Gasteiger partial charge in [0, 0.05) is 30.7 Å². The Morgan fingerprint density at radius 1 is 1.14 bits per heavy atom. The summed E-state index contributed by atoms with van der Waals surface area (Å²) in [5.74, 6) is -2.54. The fourth-order valence-electron chi connectivity index (χ4n) is 5.17. The van der Waals surface area contributed by atoms with Gasteiger partial charge in [0.1, 0.15) is 24.8 Å². The molecule has 2 aromatic rings. The zero-order valence-electron chi connectivity index (χ0n) is 19.4. The van der Waals surface area contributed by atoms with Crippen LogP contribution < -0.4 is 5.32 Å². The monoisotopic (exact) mass is 557 g/mol. The van der Waals surface area contributed by atoms with Crippen LogP contribution in [0.5, 0.6) is 0 Å². The van der Waals surface area contributed by atoms with Gasteiger partial charge in [0.05, 0.1) is 10.3 Å². The molecular formula is C23H23ClF3N5O4S. The Hall–Kier alpha value is -2.64. The van der Waals surface area contributed by atoms with Gasteiger partial charge in [-0.1, -0.05) is 19.3 Å². The number of alkyl halides is 4. The lowest BCUT2D eigenvalue weighted by Gasteiger charge is -2.34. The van der Waals surface area contributed by atoms with E-state index in [0.29, 0.717) is 4.88 Å². The molecule has 0 bridgehead atoms. The first-order chi connectivity index (χ1) is 17.6. The maximum absolute atomic E-state index is 13.7. The molecule has 2 aliphatic heterocycles. The Morgan fingerprint density at radius 2 is 1.84 bits per heavy atom. The summed E-state index contributed by atoms with van der Waals surface area (Å²) in [5.41, 5.74) is 0.278. The van der Waals surface area contributed by atoms with Gasteiger partial charge >= 0.3 is 6.18 Å². The smallest absolute Gasteiger partial charge is 0.366 e. The highest BCUT2D eigenvalue weighted by Gasteiger charge is 2.53. The highest BCUT2D eigenvalue weighted by Crippen LogP contribution is 2.34. The summed E-state index contributed by atoms with van der Waals surface area (Å²) in [6.07, 6.45) is 2.55. The molecule has 4 atom stereocenters. The van der Waals surface area contributed by atoms with Crippen LogP contribution in [0.2, 0.25) is 0 Å². The summed E-state index contributed by atoms with van der Waals surface area (Å²) < 4.78 is 43.7. The van der Waals surface area contributed by atoms with Gasteiger partial charge in [-0.05, 0) is 18.8 Å². The summed E-state index contributed by atoms with van der Waals surface area (Å²) in [6.45, 7) is 0.0498. The SMILES string of the molecule is O=C(NC(C(=O)N1CC(Cl)C2OCC(=O)C21)C1CCCCC1)c1ncc(-c2cnc(C(F)(F)F)nc2)s1. The second-order valence-electron chi connectivity index (χ2n) is 9.37. The van der Waals surface area contributed by atoms with Gasteiger partial charge in [-0.2, -0.15) is 13.2 Å². The lowest BCUT2D eigenvalue weighted by Crippen LogP contribution is -2.55. The van der Waals surface area contributed by atoms with Crippen LogP contribution in [0.1, 0.15) is 47.7 Å². The first kappa shape index (κ1) is 26.0. The number of amides is 2. The quantitative estimate of drug-likeness (QED) is 0.562. The van der Waals surface area contributed by atoms with E-state index in [1.54, 1.807) is 0 Å². The molecule has 2 amide bonds.